The zero-order valence-corrected chi connectivity index (χ0v) is 9.91. The predicted molar refractivity (Wildman–Crippen MR) is 65.4 cm³/mol. The van der Waals surface area contributed by atoms with Crippen LogP contribution in [0.4, 0.5) is 0 Å². The minimum atomic E-state index is -0.337. The van der Waals surface area contributed by atoms with Crippen LogP contribution in [0.5, 0.6) is 5.75 Å². The van der Waals surface area contributed by atoms with E-state index < -0.39 is 0 Å². The molecule has 1 aromatic heterocycles. The number of ether oxygens (including phenoxy) is 1. The van der Waals surface area contributed by atoms with Gasteiger partial charge in [0.25, 0.3) is 0 Å². The molecule has 0 amide bonds. The van der Waals surface area contributed by atoms with Crippen molar-refractivity contribution in [2.45, 2.75) is 12.5 Å². The molecule has 1 aliphatic rings. The fourth-order valence-electron chi connectivity index (χ4n) is 2.13. The van der Waals surface area contributed by atoms with Crippen LogP contribution in [0, 0.1) is 0 Å². The Morgan fingerprint density at radius 1 is 1.24 bits per heavy atom. The Morgan fingerprint density at radius 2 is 2.12 bits per heavy atom. The molecule has 1 aromatic carbocycles. The van der Waals surface area contributed by atoms with Gasteiger partial charge in [0, 0.05) is 12.0 Å². The molecule has 2 aromatic rings. The normalized spacial score (nSPS) is 15.4. The van der Waals surface area contributed by atoms with Gasteiger partial charge in [0.2, 0.25) is 0 Å². The van der Waals surface area contributed by atoms with Crippen molar-refractivity contribution in [2.24, 2.45) is 5.73 Å². The molecule has 3 rings (SSSR count). The fraction of sp³-hybridized carbons (Fsp3) is 0.231. The molecular formula is C13H12ClNO2. The molecule has 0 spiro atoms. The summed E-state index contributed by atoms with van der Waals surface area (Å²) in [6, 6.07) is 9.17. The number of fused-ring (bicyclic) bond motifs is 1. The number of benzene rings is 1. The van der Waals surface area contributed by atoms with Gasteiger partial charge in [0.15, 0.2) is 5.22 Å². The summed E-state index contributed by atoms with van der Waals surface area (Å²) in [7, 11) is 0. The van der Waals surface area contributed by atoms with E-state index in [-0.39, 0.29) is 6.04 Å². The van der Waals surface area contributed by atoms with Crippen molar-refractivity contribution in [3.05, 3.63) is 52.4 Å². The van der Waals surface area contributed by atoms with Crippen LogP contribution in [0.2, 0.25) is 5.22 Å². The molecule has 0 fully saturated rings. The summed E-state index contributed by atoms with van der Waals surface area (Å²) in [6.07, 6.45) is 0.939. The molecule has 0 bridgehead atoms. The minimum absolute atomic E-state index is 0.337. The Morgan fingerprint density at radius 3 is 2.88 bits per heavy atom. The average Bonchev–Trinajstić information content (AvgIpc) is 2.95. The molecule has 0 saturated heterocycles. The highest BCUT2D eigenvalue weighted by Crippen LogP contribution is 2.35. The van der Waals surface area contributed by atoms with Crippen LogP contribution in [0.3, 0.4) is 0 Å². The minimum Gasteiger partial charge on any atom is -0.493 e. The van der Waals surface area contributed by atoms with Gasteiger partial charge in [0.1, 0.15) is 11.5 Å². The molecule has 0 radical (unpaired) electrons. The summed E-state index contributed by atoms with van der Waals surface area (Å²) in [5, 5.41) is 0.351. The van der Waals surface area contributed by atoms with E-state index in [9.17, 15) is 0 Å². The number of halogens is 1. The highest BCUT2D eigenvalue weighted by atomic mass is 35.5. The highest BCUT2D eigenvalue weighted by Gasteiger charge is 2.22. The Labute approximate surface area is 104 Å². The molecule has 0 aliphatic carbocycles. The number of hydrogen-bond donors (Lipinski definition) is 1. The van der Waals surface area contributed by atoms with Gasteiger partial charge >= 0.3 is 0 Å². The van der Waals surface area contributed by atoms with Gasteiger partial charge in [-0.3, -0.25) is 0 Å². The van der Waals surface area contributed by atoms with E-state index in [2.05, 4.69) is 6.07 Å². The molecule has 4 heteroatoms. The monoisotopic (exact) mass is 249 g/mol. The van der Waals surface area contributed by atoms with Crippen LogP contribution >= 0.6 is 11.6 Å². The van der Waals surface area contributed by atoms with Crippen molar-refractivity contribution in [3.8, 4) is 5.75 Å². The fourth-order valence-corrected chi connectivity index (χ4v) is 2.29. The lowest BCUT2D eigenvalue weighted by atomic mass is 10.0. The first-order valence-electron chi connectivity index (χ1n) is 5.51. The van der Waals surface area contributed by atoms with Crippen LogP contribution in [-0.4, -0.2) is 6.61 Å². The first-order chi connectivity index (χ1) is 8.25. The SMILES string of the molecule is NC(c1ccc(Cl)o1)c1cccc2c1OCC2. The maximum Gasteiger partial charge on any atom is 0.193 e. The molecule has 1 atom stereocenters. The van der Waals surface area contributed by atoms with Crippen molar-refractivity contribution in [2.75, 3.05) is 6.61 Å². The summed E-state index contributed by atoms with van der Waals surface area (Å²) >= 11 is 5.76. The first-order valence-corrected chi connectivity index (χ1v) is 5.89. The van der Waals surface area contributed by atoms with E-state index in [1.54, 1.807) is 12.1 Å². The zero-order chi connectivity index (χ0) is 11.8. The number of rotatable bonds is 2. The van der Waals surface area contributed by atoms with Gasteiger partial charge in [-0.2, -0.15) is 0 Å². The summed E-state index contributed by atoms with van der Waals surface area (Å²) in [4.78, 5) is 0. The van der Waals surface area contributed by atoms with Crippen LogP contribution in [0.15, 0.2) is 34.7 Å². The second-order valence-corrected chi connectivity index (χ2v) is 4.43. The Balaban J connectivity index is 2.02. The maximum atomic E-state index is 6.17. The lowest BCUT2D eigenvalue weighted by molar-refractivity contribution is 0.350. The van der Waals surface area contributed by atoms with E-state index in [0.29, 0.717) is 11.0 Å². The lowest BCUT2D eigenvalue weighted by Gasteiger charge is -2.13. The van der Waals surface area contributed by atoms with E-state index in [0.717, 1.165) is 24.3 Å². The number of para-hydroxylation sites is 1. The van der Waals surface area contributed by atoms with Crippen molar-refractivity contribution in [1.82, 2.24) is 0 Å². The Hall–Kier alpha value is -1.45. The van der Waals surface area contributed by atoms with Gasteiger partial charge in [-0.25, -0.2) is 0 Å². The van der Waals surface area contributed by atoms with Crippen LogP contribution in [0.1, 0.15) is 22.9 Å². The number of furan rings is 1. The molecule has 2 N–H and O–H groups in total. The Kier molecular flexibility index (Phi) is 2.57. The van der Waals surface area contributed by atoms with Gasteiger partial charge < -0.3 is 14.9 Å². The van der Waals surface area contributed by atoms with Crippen molar-refractivity contribution in [3.63, 3.8) is 0 Å². The van der Waals surface area contributed by atoms with Crippen molar-refractivity contribution >= 4 is 11.6 Å². The zero-order valence-electron chi connectivity index (χ0n) is 9.15. The van der Waals surface area contributed by atoms with Crippen molar-refractivity contribution < 1.29 is 9.15 Å². The van der Waals surface area contributed by atoms with Crippen molar-refractivity contribution in [1.29, 1.82) is 0 Å². The standard InChI is InChI=1S/C13H12ClNO2/c14-11-5-4-10(17-11)12(15)9-3-1-2-8-6-7-16-13(8)9/h1-5,12H,6-7,15H2. The second kappa shape index (κ2) is 4.09. The lowest BCUT2D eigenvalue weighted by Crippen LogP contribution is -2.12. The molecule has 1 unspecified atom stereocenters. The van der Waals surface area contributed by atoms with E-state index in [1.807, 2.05) is 12.1 Å². The number of nitrogens with two attached hydrogens (primary N) is 1. The largest absolute Gasteiger partial charge is 0.493 e. The quantitative estimate of drug-likeness (QED) is 0.890. The van der Waals surface area contributed by atoms with E-state index in [1.165, 1.54) is 5.56 Å². The highest BCUT2D eigenvalue weighted by molar-refractivity contribution is 6.28. The predicted octanol–water partition coefficient (Wildman–Crippen LogP) is 2.92. The topological polar surface area (TPSA) is 48.4 Å². The van der Waals surface area contributed by atoms with Gasteiger partial charge in [0.05, 0.1) is 12.6 Å². The van der Waals surface area contributed by atoms with E-state index >= 15 is 0 Å². The molecule has 0 saturated carbocycles. The number of hydrogen-bond acceptors (Lipinski definition) is 3. The summed E-state index contributed by atoms with van der Waals surface area (Å²) < 4.78 is 11.0. The summed E-state index contributed by atoms with van der Waals surface area (Å²) in [5.41, 5.74) is 8.32. The molecule has 17 heavy (non-hydrogen) atoms. The first kappa shape index (κ1) is 10.7. The maximum absolute atomic E-state index is 6.17. The molecular weight excluding hydrogens is 238 g/mol. The molecule has 88 valence electrons. The van der Waals surface area contributed by atoms with Crippen LogP contribution in [0.25, 0.3) is 0 Å². The second-order valence-electron chi connectivity index (χ2n) is 4.05. The smallest absolute Gasteiger partial charge is 0.193 e. The average molecular weight is 250 g/mol. The van der Waals surface area contributed by atoms with E-state index in [4.69, 9.17) is 26.5 Å². The van der Waals surface area contributed by atoms with Gasteiger partial charge in [-0.05, 0) is 29.3 Å². The van der Waals surface area contributed by atoms with Gasteiger partial charge in [-0.1, -0.05) is 18.2 Å². The molecule has 1 aliphatic heterocycles. The Bertz CT molecular complexity index is 550. The van der Waals surface area contributed by atoms with Crippen LogP contribution in [-0.2, 0) is 6.42 Å². The van der Waals surface area contributed by atoms with Gasteiger partial charge in [-0.15, -0.1) is 0 Å². The van der Waals surface area contributed by atoms with Crippen LogP contribution < -0.4 is 10.5 Å². The molecule has 2 heterocycles. The third kappa shape index (κ3) is 1.81. The summed E-state index contributed by atoms with van der Waals surface area (Å²) in [5.74, 6) is 1.55. The molecule has 3 nitrogen and oxygen atoms in total. The summed E-state index contributed by atoms with van der Waals surface area (Å²) in [6.45, 7) is 0.720. The third-order valence-electron chi connectivity index (χ3n) is 2.98. The third-order valence-corrected chi connectivity index (χ3v) is 3.18.